The number of aryl methyl sites for hydroxylation is 1. The Labute approximate surface area is 174 Å². The predicted molar refractivity (Wildman–Crippen MR) is 116 cm³/mol. The molecule has 5 nitrogen and oxygen atoms in total. The van der Waals surface area contributed by atoms with Crippen LogP contribution in [0.2, 0.25) is 0 Å². The molecule has 2 amide bonds. The smallest absolute Gasteiger partial charge is 0.253 e. The van der Waals surface area contributed by atoms with E-state index in [2.05, 4.69) is 28.9 Å². The third-order valence-corrected chi connectivity index (χ3v) is 5.96. The van der Waals surface area contributed by atoms with Crippen LogP contribution < -0.4 is 5.32 Å². The van der Waals surface area contributed by atoms with Gasteiger partial charge in [-0.3, -0.25) is 9.59 Å². The van der Waals surface area contributed by atoms with Crippen LogP contribution in [-0.4, -0.2) is 40.9 Å². The number of rotatable bonds is 7. The van der Waals surface area contributed by atoms with E-state index in [0.717, 1.165) is 55.7 Å². The van der Waals surface area contributed by atoms with Crippen molar-refractivity contribution in [1.82, 2.24) is 14.8 Å². The Kier molecular flexibility index (Phi) is 7.13. The van der Waals surface area contributed by atoms with E-state index in [0.29, 0.717) is 13.0 Å². The lowest BCUT2D eigenvalue weighted by Gasteiger charge is -2.20. The second-order valence-corrected chi connectivity index (χ2v) is 8.04. The lowest BCUT2D eigenvalue weighted by atomic mass is 10.1. The van der Waals surface area contributed by atoms with E-state index in [-0.39, 0.29) is 17.9 Å². The summed E-state index contributed by atoms with van der Waals surface area (Å²) < 4.78 is 2.22. The molecule has 1 unspecified atom stereocenters. The zero-order valence-electron chi connectivity index (χ0n) is 17.9. The van der Waals surface area contributed by atoms with Crippen LogP contribution in [0.3, 0.4) is 0 Å². The molecule has 1 atom stereocenters. The number of nitrogens with one attached hydrogen (secondary N) is 1. The fourth-order valence-corrected chi connectivity index (χ4v) is 4.33. The molecule has 1 aromatic heterocycles. The molecule has 0 saturated carbocycles. The Bertz CT molecular complexity index is 841. The maximum absolute atomic E-state index is 12.8. The first-order valence-electron chi connectivity index (χ1n) is 10.8. The van der Waals surface area contributed by atoms with Gasteiger partial charge in [0.05, 0.1) is 11.6 Å². The van der Waals surface area contributed by atoms with Gasteiger partial charge in [0.1, 0.15) is 0 Å². The van der Waals surface area contributed by atoms with Gasteiger partial charge < -0.3 is 14.8 Å². The third kappa shape index (κ3) is 5.08. The summed E-state index contributed by atoms with van der Waals surface area (Å²) in [6.45, 7) is 8.38. The highest BCUT2D eigenvalue weighted by Gasteiger charge is 2.20. The molecule has 0 radical (unpaired) electrons. The number of hydrogen-bond donors (Lipinski definition) is 1. The Balaban J connectivity index is 1.58. The molecular formula is C24H33N3O2. The minimum atomic E-state index is -0.0354. The third-order valence-electron chi connectivity index (χ3n) is 5.96. The molecule has 0 spiro atoms. The molecule has 1 fully saturated rings. The first-order chi connectivity index (χ1) is 14.0. The van der Waals surface area contributed by atoms with Crippen LogP contribution in [-0.2, 0) is 4.79 Å². The minimum absolute atomic E-state index is 0.0354. The van der Waals surface area contributed by atoms with Crippen molar-refractivity contribution in [2.75, 3.05) is 19.6 Å². The average Bonchev–Trinajstić information content (AvgIpc) is 2.87. The zero-order valence-corrected chi connectivity index (χ0v) is 17.9. The highest BCUT2D eigenvalue weighted by Crippen LogP contribution is 2.25. The number of aromatic nitrogens is 1. The molecule has 5 heteroatoms. The van der Waals surface area contributed by atoms with Gasteiger partial charge in [0.2, 0.25) is 5.91 Å². The first-order valence-corrected chi connectivity index (χ1v) is 10.8. The van der Waals surface area contributed by atoms with Crippen molar-refractivity contribution in [2.24, 2.45) is 0 Å². The van der Waals surface area contributed by atoms with Gasteiger partial charge in [-0.2, -0.15) is 0 Å². The molecule has 1 aromatic carbocycles. The van der Waals surface area contributed by atoms with Gasteiger partial charge in [0, 0.05) is 37.4 Å². The van der Waals surface area contributed by atoms with Gasteiger partial charge in [-0.05, 0) is 51.7 Å². The number of carbonyl (C=O) groups excluding carboxylic acids is 2. The van der Waals surface area contributed by atoms with Crippen LogP contribution in [0.5, 0.6) is 0 Å². The largest absolute Gasteiger partial charge is 0.352 e. The minimum Gasteiger partial charge on any atom is -0.352 e. The van der Waals surface area contributed by atoms with Crippen molar-refractivity contribution in [2.45, 2.75) is 58.9 Å². The van der Waals surface area contributed by atoms with E-state index in [1.165, 1.54) is 5.56 Å². The van der Waals surface area contributed by atoms with E-state index in [1.54, 1.807) is 0 Å². The van der Waals surface area contributed by atoms with Crippen LogP contribution in [0, 0.1) is 13.8 Å². The quantitative estimate of drug-likeness (QED) is 0.713. The van der Waals surface area contributed by atoms with Crippen LogP contribution >= 0.6 is 0 Å². The molecule has 1 saturated heterocycles. The molecule has 1 aliphatic rings. The van der Waals surface area contributed by atoms with Crippen molar-refractivity contribution in [1.29, 1.82) is 0 Å². The summed E-state index contributed by atoms with van der Waals surface area (Å²) in [4.78, 5) is 26.8. The standard InChI is InChI=1S/C24H33N3O2/c1-18-17-22(20(3)27(18)19(2)21-11-6-4-7-12-21)24(29)25-14-10-16-26-15-9-5-8-13-23(26)28/h4,6-7,11-12,17,19H,5,8-10,13-16H2,1-3H3,(H,25,29). The van der Waals surface area contributed by atoms with E-state index in [1.807, 2.05) is 43.0 Å². The van der Waals surface area contributed by atoms with E-state index in [9.17, 15) is 9.59 Å². The lowest BCUT2D eigenvalue weighted by Crippen LogP contribution is -2.34. The Hall–Kier alpha value is -2.56. The molecular weight excluding hydrogens is 362 g/mol. The van der Waals surface area contributed by atoms with E-state index in [4.69, 9.17) is 0 Å². The van der Waals surface area contributed by atoms with Gasteiger partial charge in [0.25, 0.3) is 5.91 Å². The van der Waals surface area contributed by atoms with Crippen LogP contribution in [0.25, 0.3) is 0 Å². The van der Waals surface area contributed by atoms with Gasteiger partial charge in [-0.25, -0.2) is 0 Å². The average molecular weight is 396 g/mol. The molecule has 0 bridgehead atoms. The van der Waals surface area contributed by atoms with Crippen molar-refractivity contribution in [3.63, 3.8) is 0 Å². The summed E-state index contributed by atoms with van der Waals surface area (Å²) in [5.74, 6) is 0.221. The molecule has 0 aliphatic carbocycles. The highest BCUT2D eigenvalue weighted by molar-refractivity contribution is 5.95. The van der Waals surface area contributed by atoms with Crippen LogP contribution in [0.1, 0.15) is 72.4 Å². The summed E-state index contributed by atoms with van der Waals surface area (Å²) in [5, 5.41) is 3.04. The number of hydrogen-bond acceptors (Lipinski definition) is 2. The monoisotopic (exact) mass is 395 g/mol. The number of likely N-dealkylation sites (tertiary alicyclic amines) is 1. The Morgan fingerprint density at radius 2 is 1.90 bits per heavy atom. The molecule has 2 heterocycles. The topological polar surface area (TPSA) is 54.3 Å². The maximum Gasteiger partial charge on any atom is 0.253 e. The molecule has 29 heavy (non-hydrogen) atoms. The van der Waals surface area contributed by atoms with Gasteiger partial charge >= 0.3 is 0 Å². The molecule has 2 aromatic rings. The molecule has 3 rings (SSSR count). The zero-order chi connectivity index (χ0) is 20.8. The van der Waals surface area contributed by atoms with Crippen molar-refractivity contribution >= 4 is 11.8 Å². The fourth-order valence-electron chi connectivity index (χ4n) is 4.33. The summed E-state index contributed by atoms with van der Waals surface area (Å²) in [6.07, 6.45) is 4.68. The first kappa shape index (κ1) is 21.2. The van der Waals surface area contributed by atoms with Gasteiger partial charge in [-0.15, -0.1) is 0 Å². The number of carbonyl (C=O) groups is 2. The predicted octanol–water partition coefficient (Wildman–Crippen LogP) is 4.24. The van der Waals surface area contributed by atoms with Crippen LogP contribution in [0.4, 0.5) is 0 Å². The van der Waals surface area contributed by atoms with Gasteiger partial charge in [0.15, 0.2) is 0 Å². The van der Waals surface area contributed by atoms with Gasteiger partial charge in [-0.1, -0.05) is 36.8 Å². The second-order valence-electron chi connectivity index (χ2n) is 8.04. The number of benzene rings is 1. The number of amides is 2. The Morgan fingerprint density at radius 3 is 2.66 bits per heavy atom. The summed E-state index contributed by atoms with van der Waals surface area (Å²) in [6, 6.07) is 12.5. The highest BCUT2D eigenvalue weighted by atomic mass is 16.2. The molecule has 1 aliphatic heterocycles. The SMILES string of the molecule is Cc1cc(C(=O)NCCCN2CCCCCC2=O)c(C)n1C(C)c1ccccc1. The van der Waals surface area contributed by atoms with E-state index >= 15 is 0 Å². The summed E-state index contributed by atoms with van der Waals surface area (Å²) in [7, 11) is 0. The molecule has 156 valence electrons. The fraction of sp³-hybridized carbons (Fsp3) is 0.500. The number of nitrogens with zero attached hydrogens (tertiary/aromatic N) is 2. The summed E-state index contributed by atoms with van der Waals surface area (Å²) in [5.41, 5.74) is 4.03. The van der Waals surface area contributed by atoms with Crippen molar-refractivity contribution in [3.8, 4) is 0 Å². The lowest BCUT2D eigenvalue weighted by molar-refractivity contribution is -0.130. The molecule has 1 N–H and O–H groups in total. The normalized spacial score (nSPS) is 15.8. The Morgan fingerprint density at radius 1 is 1.14 bits per heavy atom. The summed E-state index contributed by atoms with van der Waals surface area (Å²) >= 11 is 0. The maximum atomic E-state index is 12.8. The van der Waals surface area contributed by atoms with E-state index < -0.39 is 0 Å². The van der Waals surface area contributed by atoms with Crippen molar-refractivity contribution in [3.05, 3.63) is 58.9 Å². The van der Waals surface area contributed by atoms with Crippen LogP contribution in [0.15, 0.2) is 36.4 Å². The second kappa shape index (κ2) is 9.77. The van der Waals surface area contributed by atoms with Crippen molar-refractivity contribution < 1.29 is 9.59 Å².